The molecule has 0 spiro atoms. The number of nitriles is 1. The minimum atomic E-state index is 0.546. The summed E-state index contributed by atoms with van der Waals surface area (Å²) in [5.41, 5.74) is 4.10. The van der Waals surface area contributed by atoms with E-state index in [1.54, 1.807) is 0 Å². The van der Waals surface area contributed by atoms with Crippen molar-refractivity contribution in [2.75, 3.05) is 0 Å². The lowest BCUT2D eigenvalue weighted by atomic mass is 9.91. The van der Waals surface area contributed by atoms with Gasteiger partial charge in [0.2, 0.25) is 0 Å². The Morgan fingerprint density at radius 1 is 1.36 bits per heavy atom. The smallest absolute Gasteiger partial charge is 0.0625 e. The van der Waals surface area contributed by atoms with Crippen molar-refractivity contribution in [1.82, 2.24) is 0 Å². The Morgan fingerprint density at radius 2 is 2.07 bits per heavy atom. The van der Waals surface area contributed by atoms with E-state index in [2.05, 4.69) is 45.0 Å². The van der Waals surface area contributed by atoms with E-state index in [-0.39, 0.29) is 0 Å². The van der Waals surface area contributed by atoms with Crippen LogP contribution in [0.3, 0.4) is 0 Å². The molecule has 0 N–H and O–H groups in total. The van der Waals surface area contributed by atoms with Gasteiger partial charge in [0.05, 0.1) is 6.07 Å². The first kappa shape index (κ1) is 10.8. The van der Waals surface area contributed by atoms with Crippen molar-refractivity contribution in [3.05, 3.63) is 34.9 Å². The summed E-state index contributed by atoms with van der Waals surface area (Å²) in [6.45, 7) is 6.56. The van der Waals surface area contributed by atoms with Gasteiger partial charge in [0.1, 0.15) is 0 Å². The molecule has 0 aromatic heterocycles. The van der Waals surface area contributed by atoms with E-state index < -0.39 is 0 Å². The van der Waals surface area contributed by atoms with Gasteiger partial charge < -0.3 is 0 Å². The summed E-state index contributed by atoms with van der Waals surface area (Å²) in [5, 5.41) is 8.58. The van der Waals surface area contributed by atoms with Crippen LogP contribution in [0, 0.1) is 18.3 Å². The molecule has 14 heavy (non-hydrogen) atoms. The number of nitrogens with zero attached hydrogens (tertiary/aromatic N) is 1. The van der Waals surface area contributed by atoms with Crippen LogP contribution in [-0.4, -0.2) is 0 Å². The number of benzene rings is 1. The quantitative estimate of drug-likeness (QED) is 0.709. The van der Waals surface area contributed by atoms with Gasteiger partial charge in [-0.05, 0) is 36.0 Å². The van der Waals surface area contributed by atoms with Crippen molar-refractivity contribution in [1.29, 1.82) is 5.26 Å². The Morgan fingerprint density at radius 3 is 2.64 bits per heavy atom. The average Bonchev–Trinajstić information content (AvgIpc) is 2.14. The number of aryl methyl sites for hydroxylation is 2. The highest BCUT2D eigenvalue weighted by Crippen LogP contribution is 2.24. The van der Waals surface area contributed by atoms with Crippen molar-refractivity contribution < 1.29 is 0 Å². The first-order valence-corrected chi connectivity index (χ1v) is 5.12. The largest absolute Gasteiger partial charge is 0.198 e. The van der Waals surface area contributed by atoms with Crippen LogP contribution in [0.25, 0.3) is 0 Å². The van der Waals surface area contributed by atoms with Gasteiger partial charge in [0.15, 0.2) is 0 Å². The van der Waals surface area contributed by atoms with E-state index in [0.717, 1.165) is 6.42 Å². The van der Waals surface area contributed by atoms with Crippen LogP contribution in [0.2, 0.25) is 0 Å². The van der Waals surface area contributed by atoms with E-state index in [1.807, 2.05) is 0 Å². The van der Waals surface area contributed by atoms with Crippen LogP contribution in [0.15, 0.2) is 18.2 Å². The molecule has 0 aliphatic heterocycles. The van der Waals surface area contributed by atoms with Crippen LogP contribution in [0.4, 0.5) is 0 Å². The molecule has 0 aliphatic rings. The van der Waals surface area contributed by atoms with Crippen molar-refractivity contribution in [2.24, 2.45) is 0 Å². The Labute approximate surface area is 86.4 Å². The molecule has 0 unspecified atom stereocenters. The van der Waals surface area contributed by atoms with Crippen LogP contribution in [0.1, 0.15) is 42.9 Å². The third-order valence-electron chi connectivity index (χ3n) is 2.50. The van der Waals surface area contributed by atoms with Crippen LogP contribution < -0.4 is 0 Å². The highest BCUT2D eigenvalue weighted by molar-refractivity contribution is 5.37. The Hall–Kier alpha value is -1.29. The second-order valence-electron chi connectivity index (χ2n) is 3.96. The van der Waals surface area contributed by atoms with E-state index in [9.17, 15) is 0 Å². The van der Waals surface area contributed by atoms with Gasteiger partial charge in [-0.15, -0.1) is 0 Å². The molecule has 74 valence electrons. The lowest BCUT2D eigenvalue weighted by molar-refractivity contribution is 0.825. The zero-order valence-electron chi connectivity index (χ0n) is 9.17. The summed E-state index contributed by atoms with van der Waals surface area (Å²) in [7, 11) is 0. The Kier molecular flexibility index (Phi) is 3.71. The molecule has 0 atom stereocenters. The van der Waals surface area contributed by atoms with Gasteiger partial charge in [-0.1, -0.05) is 32.0 Å². The fraction of sp³-hybridized carbons (Fsp3) is 0.462. The second kappa shape index (κ2) is 4.81. The van der Waals surface area contributed by atoms with Gasteiger partial charge in [-0.25, -0.2) is 0 Å². The molecule has 0 radical (unpaired) electrons. The summed E-state index contributed by atoms with van der Waals surface area (Å²) >= 11 is 0. The maximum Gasteiger partial charge on any atom is 0.0625 e. The van der Waals surface area contributed by atoms with Crippen LogP contribution >= 0.6 is 0 Å². The van der Waals surface area contributed by atoms with Crippen molar-refractivity contribution in [2.45, 2.75) is 39.5 Å². The Bertz CT molecular complexity index is 345. The van der Waals surface area contributed by atoms with Gasteiger partial charge >= 0.3 is 0 Å². The number of rotatable bonds is 3. The monoisotopic (exact) mass is 187 g/mol. The van der Waals surface area contributed by atoms with E-state index >= 15 is 0 Å². The highest BCUT2D eigenvalue weighted by Gasteiger charge is 2.08. The molecule has 0 saturated heterocycles. The minimum absolute atomic E-state index is 0.546. The average molecular weight is 187 g/mol. The number of hydrogen-bond acceptors (Lipinski definition) is 1. The fourth-order valence-electron chi connectivity index (χ4n) is 1.98. The van der Waals surface area contributed by atoms with Crippen LogP contribution in [-0.2, 0) is 6.42 Å². The Balaban J connectivity index is 3.03. The molecule has 1 aromatic carbocycles. The topological polar surface area (TPSA) is 23.8 Å². The normalized spacial score (nSPS) is 10.2. The van der Waals surface area contributed by atoms with E-state index in [0.29, 0.717) is 12.3 Å². The molecule has 0 amide bonds. The molecular formula is C13H17N. The molecule has 1 aromatic rings. The lowest BCUT2D eigenvalue weighted by Crippen LogP contribution is -1.99. The maximum atomic E-state index is 8.58. The SMILES string of the molecule is Cc1cccc(CCC#N)c1C(C)C. The van der Waals surface area contributed by atoms with E-state index in [4.69, 9.17) is 5.26 Å². The van der Waals surface area contributed by atoms with Gasteiger partial charge in [-0.2, -0.15) is 5.26 Å². The first-order chi connectivity index (χ1) is 6.66. The predicted molar refractivity (Wildman–Crippen MR) is 59.2 cm³/mol. The van der Waals surface area contributed by atoms with Crippen molar-refractivity contribution >= 4 is 0 Å². The molecule has 1 nitrogen and oxygen atoms in total. The third-order valence-corrected chi connectivity index (χ3v) is 2.50. The zero-order chi connectivity index (χ0) is 10.6. The van der Waals surface area contributed by atoms with E-state index in [1.165, 1.54) is 16.7 Å². The molecule has 0 heterocycles. The van der Waals surface area contributed by atoms with Gasteiger partial charge in [-0.3, -0.25) is 0 Å². The zero-order valence-corrected chi connectivity index (χ0v) is 9.17. The van der Waals surface area contributed by atoms with Crippen molar-refractivity contribution in [3.8, 4) is 6.07 Å². The molecular weight excluding hydrogens is 170 g/mol. The van der Waals surface area contributed by atoms with Crippen molar-refractivity contribution in [3.63, 3.8) is 0 Å². The maximum absolute atomic E-state index is 8.58. The standard InChI is InChI=1S/C13H17N/c1-10(2)13-11(3)6-4-7-12(13)8-5-9-14/h4,6-7,10H,5,8H2,1-3H3. The van der Waals surface area contributed by atoms with Gasteiger partial charge in [0, 0.05) is 6.42 Å². The lowest BCUT2D eigenvalue weighted by Gasteiger charge is -2.14. The predicted octanol–water partition coefficient (Wildman–Crippen LogP) is 3.57. The summed E-state index contributed by atoms with van der Waals surface area (Å²) in [5.74, 6) is 0.546. The second-order valence-corrected chi connectivity index (χ2v) is 3.96. The molecule has 1 heteroatoms. The molecule has 1 rings (SSSR count). The summed E-state index contributed by atoms with van der Waals surface area (Å²) < 4.78 is 0. The third kappa shape index (κ3) is 2.35. The van der Waals surface area contributed by atoms with Crippen LogP contribution in [0.5, 0.6) is 0 Å². The fourth-order valence-corrected chi connectivity index (χ4v) is 1.98. The highest BCUT2D eigenvalue weighted by atomic mass is 14.2. The first-order valence-electron chi connectivity index (χ1n) is 5.12. The molecule has 0 saturated carbocycles. The summed E-state index contributed by atoms with van der Waals surface area (Å²) in [6.07, 6.45) is 1.49. The minimum Gasteiger partial charge on any atom is -0.198 e. The summed E-state index contributed by atoms with van der Waals surface area (Å²) in [6, 6.07) is 8.56. The van der Waals surface area contributed by atoms with Gasteiger partial charge in [0.25, 0.3) is 0 Å². The number of hydrogen-bond donors (Lipinski definition) is 0. The molecule has 0 bridgehead atoms. The molecule has 0 fully saturated rings. The molecule has 0 aliphatic carbocycles. The summed E-state index contributed by atoms with van der Waals surface area (Å²) in [4.78, 5) is 0.